The molecule has 0 spiro atoms. The number of phenolic OH excluding ortho intramolecular Hbond substituents is 1. The molecule has 5 nitrogen and oxygen atoms in total. The van der Waals surface area contributed by atoms with Gasteiger partial charge in [-0.25, -0.2) is 0 Å². The van der Waals surface area contributed by atoms with Crippen molar-refractivity contribution in [3.63, 3.8) is 0 Å². The van der Waals surface area contributed by atoms with Crippen molar-refractivity contribution in [1.29, 1.82) is 0 Å². The van der Waals surface area contributed by atoms with Crippen molar-refractivity contribution in [3.8, 4) is 5.75 Å². The molecule has 0 saturated heterocycles. The van der Waals surface area contributed by atoms with Crippen LogP contribution in [0.1, 0.15) is 38.3 Å². The van der Waals surface area contributed by atoms with Gasteiger partial charge in [-0.05, 0) is 29.7 Å². The number of hydrogen-bond acceptors (Lipinski definition) is 3. The molecule has 1 aliphatic rings. The number of hydrogen-bond donors (Lipinski definition) is 2. The van der Waals surface area contributed by atoms with Crippen molar-refractivity contribution < 1.29 is 9.90 Å². The van der Waals surface area contributed by atoms with E-state index in [1.54, 1.807) is 17.0 Å². The number of fused-ring (bicyclic) bond motifs is 2. The summed E-state index contributed by atoms with van der Waals surface area (Å²) in [5.74, 6) is -0.199. The van der Waals surface area contributed by atoms with E-state index in [-0.39, 0.29) is 11.7 Å². The highest BCUT2D eigenvalue weighted by Crippen LogP contribution is 2.31. The third kappa shape index (κ3) is 3.14. The topological polar surface area (TPSA) is 69.2 Å². The number of benzene rings is 3. The standard InChI is InChI=1S/C24H21N3O2/c1-15-5-4-6-16(9-15)10-21-19-11-20(23(28)12-22(19)26-25-21)24(29)27-13-17-7-2-3-8-18(17)14-27/h2-9,11-12,28H,10,13-14H2,1H3,(H,25,26). The highest BCUT2D eigenvalue weighted by atomic mass is 16.3. The molecule has 0 fully saturated rings. The monoisotopic (exact) mass is 383 g/mol. The van der Waals surface area contributed by atoms with E-state index in [0.29, 0.717) is 30.6 Å². The lowest BCUT2D eigenvalue weighted by Gasteiger charge is -2.16. The second-order valence-electron chi connectivity index (χ2n) is 7.68. The fourth-order valence-corrected chi connectivity index (χ4v) is 4.08. The molecule has 29 heavy (non-hydrogen) atoms. The van der Waals surface area contributed by atoms with E-state index in [9.17, 15) is 9.90 Å². The van der Waals surface area contributed by atoms with Crippen LogP contribution in [0.2, 0.25) is 0 Å². The zero-order valence-electron chi connectivity index (χ0n) is 16.1. The van der Waals surface area contributed by atoms with Gasteiger partial charge in [0, 0.05) is 36.7 Å². The van der Waals surface area contributed by atoms with Crippen molar-refractivity contribution >= 4 is 16.8 Å². The van der Waals surface area contributed by atoms with Crippen LogP contribution in [-0.4, -0.2) is 26.1 Å². The summed E-state index contributed by atoms with van der Waals surface area (Å²) in [6, 6.07) is 19.7. The van der Waals surface area contributed by atoms with Gasteiger partial charge >= 0.3 is 0 Å². The lowest BCUT2D eigenvalue weighted by molar-refractivity contribution is 0.0748. The van der Waals surface area contributed by atoms with Crippen molar-refractivity contribution in [2.75, 3.05) is 0 Å². The number of carbonyl (C=O) groups excluding carboxylic acids is 1. The highest BCUT2D eigenvalue weighted by Gasteiger charge is 2.26. The smallest absolute Gasteiger partial charge is 0.258 e. The van der Waals surface area contributed by atoms with E-state index in [1.165, 1.54) is 11.1 Å². The van der Waals surface area contributed by atoms with Crippen LogP contribution in [0.3, 0.4) is 0 Å². The first kappa shape index (κ1) is 17.5. The number of H-pyrrole nitrogens is 1. The van der Waals surface area contributed by atoms with Crippen LogP contribution >= 0.6 is 0 Å². The molecule has 1 aliphatic heterocycles. The highest BCUT2D eigenvalue weighted by molar-refractivity contribution is 6.01. The van der Waals surface area contributed by atoms with Gasteiger partial charge in [0.05, 0.1) is 11.1 Å². The molecule has 144 valence electrons. The number of carbonyl (C=O) groups is 1. The van der Waals surface area contributed by atoms with Crippen molar-refractivity contribution in [1.82, 2.24) is 15.1 Å². The van der Waals surface area contributed by atoms with Crippen molar-refractivity contribution in [2.24, 2.45) is 0 Å². The fourth-order valence-electron chi connectivity index (χ4n) is 4.08. The van der Waals surface area contributed by atoms with E-state index in [0.717, 1.165) is 22.2 Å². The van der Waals surface area contributed by atoms with E-state index >= 15 is 0 Å². The third-order valence-electron chi connectivity index (χ3n) is 5.57. The van der Waals surface area contributed by atoms with E-state index < -0.39 is 0 Å². The van der Waals surface area contributed by atoms with Crippen LogP contribution in [0.4, 0.5) is 0 Å². The van der Waals surface area contributed by atoms with Gasteiger partial charge in [0.15, 0.2) is 0 Å². The molecule has 1 aromatic heterocycles. The molecule has 3 aromatic carbocycles. The predicted octanol–water partition coefficient (Wildman–Crippen LogP) is 4.32. The average molecular weight is 383 g/mol. The van der Waals surface area contributed by atoms with Crippen LogP contribution in [0.5, 0.6) is 5.75 Å². The summed E-state index contributed by atoms with van der Waals surface area (Å²) < 4.78 is 0. The largest absolute Gasteiger partial charge is 0.507 e. The van der Waals surface area contributed by atoms with Crippen LogP contribution in [0, 0.1) is 6.92 Å². The minimum atomic E-state index is -0.164. The number of amides is 1. The maximum absolute atomic E-state index is 13.2. The summed E-state index contributed by atoms with van der Waals surface area (Å²) in [5.41, 5.74) is 6.60. The molecule has 5 heteroatoms. The third-order valence-corrected chi connectivity index (χ3v) is 5.57. The Labute approximate surface area is 168 Å². The number of nitrogens with one attached hydrogen (secondary N) is 1. The number of aromatic hydroxyl groups is 1. The Kier molecular flexibility index (Phi) is 4.09. The number of aromatic nitrogens is 2. The molecule has 0 saturated carbocycles. The van der Waals surface area contributed by atoms with Gasteiger partial charge in [-0.1, -0.05) is 54.1 Å². The Morgan fingerprint density at radius 1 is 1.07 bits per heavy atom. The summed E-state index contributed by atoms with van der Waals surface area (Å²) in [6.07, 6.45) is 0.686. The van der Waals surface area contributed by atoms with Crippen LogP contribution in [-0.2, 0) is 19.5 Å². The molecule has 2 heterocycles. The summed E-state index contributed by atoms with van der Waals surface area (Å²) in [4.78, 5) is 14.9. The fraction of sp³-hybridized carbons (Fsp3) is 0.167. The Bertz CT molecular complexity index is 1220. The Balaban J connectivity index is 1.48. The molecular weight excluding hydrogens is 362 g/mol. The maximum atomic E-state index is 13.2. The zero-order chi connectivity index (χ0) is 20.0. The zero-order valence-corrected chi connectivity index (χ0v) is 16.1. The van der Waals surface area contributed by atoms with Gasteiger partial charge in [0.1, 0.15) is 5.75 Å². The number of aromatic amines is 1. The second kappa shape index (κ2) is 6.78. The molecule has 2 N–H and O–H groups in total. The van der Waals surface area contributed by atoms with Crippen molar-refractivity contribution in [3.05, 3.63) is 94.2 Å². The number of rotatable bonds is 3. The van der Waals surface area contributed by atoms with Gasteiger partial charge in [-0.15, -0.1) is 0 Å². The van der Waals surface area contributed by atoms with E-state index in [2.05, 4.69) is 35.3 Å². The molecule has 5 rings (SSSR count). The predicted molar refractivity (Wildman–Crippen MR) is 112 cm³/mol. The van der Waals surface area contributed by atoms with Crippen LogP contribution < -0.4 is 0 Å². The molecule has 0 atom stereocenters. The van der Waals surface area contributed by atoms with Gasteiger partial charge in [0.25, 0.3) is 5.91 Å². The van der Waals surface area contributed by atoms with E-state index in [4.69, 9.17) is 0 Å². The Morgan fingerprint density at radius 3 is 2.55 bits per heavy atom. The van der Waals surface area contributed by atoms with Gasteiger partial charge in [-0.2, -0.15) is 5.10 Å². The van der Waals surface area contributed by atoms with E-state index in [1.807, 2.05) is 30.3 Å². The van der Waals surface area contributed by atoms with Crippen LogP contribution in [0.15, 0.2) is 60.7 Å². The minimum absolute atomic E-state index is 0.0351. The summed E-state index contributed by atoms with van der Waals surface area (Å²) >= 11 is 0. The first-order valence-electron chi connectivity index (χ1n) is 9.70. The summed E-state index contributed by atoms with van der Waals surface area (Å²) in [7, 11) is 0. The van der Waals surface area contributed by atoms with Gasteiger partial charge < -0.3 is 10.0 Å². The summed E-state index contributed by atoms with van der Waals surface area (Å²) in [6.45, 7) is 3.19. The Hall–Kier alpha value is -3.60. The first-order chi connectivity index (χ1) is 14.1. The number of nitrogens with zero attached hydrogens (tertiary/aromatic N) is 2. The molecule has 0 bridgehead atoms. The average Bonchev–Trinajstić information content (AvgIpc) is 3.31. The normalized spacial score (nSPS) is 13.1. The Morgan fingerprint density at radius 2 is 1.83 bits per heavy atom. The van der Waals surface area contributed by atoms with Gasteiger partial charge in [0.2, 0.25) is 0 Å². The van der Waals surface area contributed by atoms with Crippen molar-refractivity contribution in [2.45, 2.75) is 26.4 Å². The quantitative estimate of drug-likeness (QED) is 0.553. The van der Waals surface area contributed by atoms with Crippen LogP contribution in [0.25, 0.3) is 10.9 Å². The van der Waals surface area contributed by atoms with Gasteiger partial charge in [-0.3, -0.25) is 9.89 Å². The summed E-state index contributed by atoms with van der Waals surface area (Å²) in [5, 5.41) is 18.7. The molecule has 1 amide bonds. The second-order valence-corrected chi connectivity index (χ2v) is 7.68. The molecule has 0 radical (unpaired) electrons. The SMILES string of the molecule is Cc1cccc(Cc2[nH]nc3cc(O)c(C(=O)N4Cc5ccccc5C4)cc23)c1. The first-order valence-corrected chi connectivity index (χ1v) is 9.70. The number of aryl methyl sites for hydroxylation is 1. The lowest BCUT2D eigenvalue weighted by atomic mass is 10.0. The number of phenols is 1. The lowest BCUT2D eigenvalue weighted by Crippen LogP contribution is -2.25. The maximum Gasteiger partial charge on any atom is 0.258 e. The molecule has 0 aliphatic carbocycles. The molecule has 0 unspecified atom stereocenters. The molecular formula is C24H21N3O2. The molecule has 4 aromatic rings. The minimum Gasteiger partial charge on any atom is -0.507 e.